The highest BCUT2D eigenvalue weighted by atomic mass is 16.5. The molecule has 3 aromatic rings. The van der Waals surface area contributed by atoms with Gasteiger partial charge in [0.05, 0.1) is 6.61 Å². The number of carbonyl (C=O) groups is 1. The first-order chi connectivity index (χ1) is 13.2. The lowest BCUT2D eigenvalue weighted by molar-refractivity contribution is -0.122. The van der Waals surface area contributed by atoms with E-state index in [4.69, 9.17) is 9.26 Å². The van der Waals surface area contributed by atoms with Crippen molar-refractivity contribution in [2.75, 3.05) is 11.9 Å². The lowest BCUT2D eigenvalue weighted by atomic mass is 9.85. The number of rotatable bonds is 6. The molecule has 6 heteroatoms. The van der Waals surface area contributed by atoms with Crippen LogP contribution in [0.15, 0.2) is 53.1 Å². The van der Waals surface area contributed by atoms with E-state index in [2.05, 4.69) is 15.5 Å². The lowest BCUT2D eigenvalue weighted by Gasteiger charge is -2.24. The fraction of sp³-hybridized carbons (Fsp3) is 0.286. The number of amides is 1. The summed E-state index contributed by atoms with van der Waals surface area (Å²) in [5.74, 6) is 1.96. The monoisotopic (exact) mass is 363 g/mol. The van der Waals surface area contributed by atoms with Crippen molar-refractivity contribution < 1.29 is 14.1 Å². The zero-order chi connectivity index (χ0) is 18.6. The molecule has 1 aromatic heterocycles. The third kappa shape index (κ3) is 3.84. The smallest absolute Gasteiger partial charge is 0.258 e. The Morgan fingerprint density at radius 1 is 1.19 bits per heavy atom. The molecule has 0 bridgehead atoms. The van der Waals surface area contributed by atoms with Crippen LogP contribution < -0.4 is 10.1 Å². The van der Waals surface area contributed by atoms with Crippen molar-refractivity contribution in [3.63, 3.8) is 0 Å². The summed E-state index contributed by atoms with van der Waals surface area (Å²) in [6, 6.07) is 15.0. The third-order valence-electron chi connectivity index (χ3n) is 4.70. The second-order valence-electron chi connectivity index (χ2n) is 6.58. The van der Waals surface area contributed by atoms with Crippen LogP contribution in [0.1, 0.15) is 26.2 Å². The van der Waals surface area contributed by atoms with Crippen LogP contribution in [0.2, 0.25) is 0 Å². The van der Waals surface area contributed by atoms with Crippen LogP contribution >= 0.6 is 0 Å². The van der Waals surface area contributed by atoms with E-state index in [0.717, 1.165) is 41.8 Å². The Labute approximate surface area is 157 Å². The van der Waals surface area contributed by atoms with E-state index in [9.17, 15) is 4.79 Å². The van der Waals surface area contributed by atoms with E-state index in [1.165, 1.54) is 0 Å². The van der Waals surface area contributed by atoms with Crippen LogP contribution in [0, 0.1) is 5.92 Å². The molecule has 138 valence electrons. The topological polar surface area (TPSA) is 77.2 Å². The normalized spacial score (nSPS) is 13.8. The number of benzene rings is 2. The number of nitrogens with zero attached hydrogens (tertiary/aromatic N) is 2. The summed E-state index contributed by atoms with van der Waals surface area (Å²) in [7, 11) is 0. The van der Waals surface area contributed by atoms with E-state index in [-0.39, 0.29) is 11.8 Å². The van der Waals surface area contributed by atoms with Crippen molar-refractivity contribution in [1.82, 2.24) is 10.1 Å². The van der Waals surface area contributed by atoms with Crippen LogP contribution in [-0.2, 0) is 4.79 Å². The molecular weight excluding hydrogens is 342 g/mol. The van der Waals surface area contributed by atoms with Gasteiger partial charge in [0.15, 0.2) is 0 Å². The van der Waals surface area contributed by atoms with Gasteiger partial charge in [-0.3, -0.25) is 4.79 Å². The Morgan fingerprint density at radius 2 is 2.00 bits per heavy atom. The van der Waals surface area contributed by atoms with Gasteiger partial charge in [-0.1, -0.05) is 23.7 Å². The second kappa shape index (κ2) is 7.61. The molecule has 0 radical (unpaired) electrons. The maximum Gasteiger partial charge on any atom is 0.258 e. The number of carbonyl (C=O) groups excluding carboxylic acids is 1. The average molecular weight is 363 g/mol. The molecule has 0 atom stereocenters. The molecule has 0 unspecified atom stereocenters. The van der Waals surface area contributed by atoms with E-state index in [1.807, 2.05) is 55.5 Å². The quantitative estimate of drug-likeness (QED) is 0.696. The Balaban J connectivity index is 1.50. The Kier molecular flexibility index (Phi) is 4.87. The zero-order valence-electron chi connectivity index (χ0n) is 15.1. The fourth-order valence-electron chi connectivity index (χ4n) is 2.97. The highest BCUT2D eigenvalue weighted by molar-refractivity contribution is 5.93. The number of hydrogen-bond acceptors (Lipinski definition) is 5. The molecule has 1 saturated carbocycles. The van der Waals surface area contributed by atoms with Crippen molar-refractivity contribution in [3.05, 3.63) is 48.5 Å². The van der Waals surface area contributed by atoms with E-state index in [1.54, 1.807) is 0 Å². The van der Waals surface area contributed by atoms with Crippen molar-refractivity contribution in [1.29, 1.82) is 0 Å². The highest BCUT2D eigenvalue weighted by Crippen LogP contribution is 2.29. The molecule has 0 aliphatic heterocycles. The number of aromatic nitrogens is 2. The molecule has 4 rings (SSSR count). The summed E-state index contributed by atoms with van der Waals surface area (Å²) < 4.78 is 10.8. The molecule has 6 nitrogen and oxygen atoms in total. The van der Waals surface area contributed by atoms with Gasteiger partial charge in [-0.05, 0) is 56.2 Å². The van der Waals surface area contributed by atoms with E-state index < -0.39 is 0 Å². The molecule has 27 heavy (non-hydrogen) atoms. The molecule has 1 aliphatic carbocycles. The minimum Gasteiger partial charge on any atom is -0.494 e. The Morgan fingerprint density at radius 3 is 2.70 bits per heavy atom. The van der Waals surface area contributed by atoms with Crippen LogP contribution in [-0.4, -0.2) is 22.7 Å². The second-order valence-corrected chi connectivity index (χ2v) is 6.58. The minimum absolute atomic E-state index is 0.0848. The predicted octanol–water partition coefficient (Wildman–Crippen LogP) is 4.54. The lowest BCUT2D eigenvalue weighted by Crippen LogP contribution is -2.27. The number of nitrogens with one attached hydrogen (secondary N) is 1. The molecule has 1 fully saturated rings. The standard InChI is InChI=1S/C21H21N3O3/c1-2-26-18-11-9-15(10-12-18)21-23-19(24-27-21)16-7-4-8-17(13-16)22-20(25)14-5-3-6-14/h4,7-14H,2-3,5-6H2,1H3,(H,22,25). The van der Waals surface area contributed by atoms with Gasteiger partial charge in [-0.2, -0.15) is 4.98 Å². The van der Waals surface area contributed by atoms with Gasteiger partial charge < -0.3 is 14.6 Å². The van der Waals surface area contributed by atoms with Gasteiger partial charge in [0.2, 0.25) is 11.7 Å². The van der Waals surface area contributed by atoms with Crippen molar-refractivity contribution >= 4 is 11.6 Å². The number of ether oxygens (including phenoxy) is 1. The summed E-state index contributed by atoms with van der Waals surface area (Å²) in [4.78, 5) is 16.6. The summed E-state index contributed by atoms with van der Waals surface area (Å²) in [5, 5.41) is 7.05. The Hall–Kier alpha value is -3.15. The van der Waals surface area contributed by atoms with E-state index in [0.29, 0.717) is 18.3 Å². The van der Waals surface area contributed by atoms with Crippen LogP contribution in [0.5, 0.6) is 5.75 Å². The maximum atomic E-state index is 12.1. The van der Waals surface area contributed by atoms with Gasteiger partial charge >= 0.3 is 0 Å². The van der Waals surface area contributed by atoms with Gasteiger partial charge in [-0.25, -0.2) is 0 Å². The molecule has 2 aromatic carbocycles. The first kappa shape index (κ1) is 17.3. The molecule has 1 aliphatic rings. The summed E-state index contributed by atoms with van der Waals surface area (Å²) >= 11 is 0. The van der Waals surface area contributed by atoms with Crippen LogP contribution in [0.3, 0.4) is 0 Å². The highest BCUT2D eigenvalue weighted by Gasteiger charge is 2.25. The third-order valence-corrected chi connectivity index (χ3v) is 4.70. The molecule has 0 saturated heterocycles. The van der Waals surface area contributed by atoms with Gasteiger partial charge in [0.1, 0.15) is 5.75 Å². The molecule has 0 spiro atoms. The fourth-order valence-corrected chi connectivity index (χ4v) is 2.97. The molecule has 1 N–H and O–H groups in total. The van der Waals surface area contributed by atoms with Crippen LogP contribution in [0.4, 0.5) is 5.69 Å². The van der Waals surface area contributed by atoms with E-state index >= 15 is 0 Å². The predicted molar refractivity (Wildman–Crippen MR) is 102 cm³/mol. The number of hydrogen-bond donors (Lipinski definition) is 1. The molecule has 1 amide bonds. The summed E-state index contributed by atoms with van der Waals surface area (Å²) in [6.07, 6.45) is 3.08. The SMILES string of the molecule is CCOc1ccc(-c2nc(-c3cccc(NC(=O)C4CCC4)c3)no2)cc1. The van der Waals surface area contributed by atoms with Crippen LogP contribution in [0.25, 0.3) is 22.8 Å². The van der Waals surface area contributed by atoms with Gasteiger partial charge in [0, 0.05) is 22.7 Å². The Bertz CT molecular complexity index is 930. The first-order valence-corrected chi connectivity index (χ1v) is 9.21. The average Bonchev–Trinajstić information content (AvgIpc) is 3.11. The van der Waals surface area contributed by atoms with Crippen molar-refractivity contribution in [2.24, 2.45) is 5.92 Å². The zero-order valence-corrected chi connectivity index (χ0v) is 15.1. The van der Waals surface area contributed by atoms with Gasteiger partial charge in [0.25, 0.3) is 5.89 Å². The maximum absolute atomic E-state index is 12.1. The van der Waals surface area contributed by atoms with Crippen molar-refractivity contribution in [3.8, 4) is 28.6 Å². The van der Waals surface area contributed by atoms with Gasteiger partial charge in [-0.15, -0.1) is 0 Å². The molecule has 1 heterocycles. The summed E-state index contributed by atoms with van der Waals surface area (Å²) in [6.45, 7) is 2.57. The number of anilines is 1. The molecular formula is C21H21N3O3. The first-order valence-electron chi connectivity index (χ1n) is 9.21. The largest absolute Gasteiger partial charge is 0.494 e. The summed E-state index contributed by atoms with van der Waals surface area (Å²) in [5.41, 5.74) is 2.37. The van der Waals surface area contributed by atoms with Crippen molar-refractivity contribution in [2.45, 2.75) is 26.2 Å². The minimum atomic E-state index is 0.0848.